The molecule has 6 nitrogen and oxygen atoms in total. The van der Waals surface area contributed by atoms with E-state index in [1.165, 1.54) is 30.3 Å². The first-order valence-electron chi connectivity index (χ1n) is 8.26. The molecule has 150 valence electrons. The van der Waals surface area contributed by atoms with Crippen molar-refractivity contribution in [2.45, 2.75) is 5.75 Å². The van der Waals surface area contributed by atoms with Crippen LogP contribution in [0.3, 0.4) is 0 Å². The van der Waals surface area contributed by atoms with Crippen molar-refractivity contribution >= 4 is 21.7 Å². The second-order valence-corrected chi connectivity index (χ2v) is 7.94. The van der Waals surface area contributed by atoms with E-state index < -0.39 is 39.1 Å². The van der Waals surface area contributed by atoms with Gasteiger partial charge < -0.3 is 10.2 Å². The van der Waals surface area contributed by atoms with Crippen molar-refractivity contribution in [2.24, 2.45) is 0 Å². The molecule has 9 heteroatoms. The van der Waals surface area contributed by atoms with Crippen LogP contribution in [0.4, 0.5) is 14.5 Å². The molecular formula is C20H15F2NO5S. The van der Waals surface area contributed by atoms with Crippen molar-refractivity contribution in [3.8, 4) is 16.9 Å². The second kappa shape index (κ2) is 7.88. The van der Waals surface area contributed by atoms with E-state index in [-0.39, 0.29) is 16.8 Å². The van der Waals surface area contributed by atoms with Gasteiger partial charge in [0.2, 0.25) is 10.0 Å². The van der Waals surface area contributed by atoms with Gasteiger partial charge in [0.15, 0.2) is 0 Å². The molecule has 0 aromatic heterocycles. The zero-order chi connectivity index (χ0) is 21.2. The minimum Gasteiger partial charge on any atom is -0.507 e. The molecule has 3 N–H and O–H groups in total. The Balaban J connectivity index is 1.76. The Kier molecular flexibility index (Phi) is 5.51. The number of hydrogen-bond donors (Lipinski definition) is 3. The SMILES string of the molecule is O=C(O)c1ccc(NS(=O)(=O)Cc2ccc(-c3cc(F)ccc3F)cc2)cc1O. The van der Waals surface area contributed by atoms with Crippen LogP contribution < -0.4 is 4.72 Å². The van der Waals surface area contributed by atoms with Crippen molar-refractivity contribution in [2.75, 3.05) is 4.72 Å². The lowest BCUT2D eigenvalue weighted by Crippen LogP contribution is -2.15. The van der Waals surface area contributed by atoms with E-state index in [9.17, 15) is 27.1 Å². The third-order valence-electron chi connectivity index (χ3n) is 4.05. The highest BCUT2D eigenvalue weighted by atomic mass is 32.2. The molecule has 0 saturated heterocycles. The van der Waals surface area contributed by atoms with E-state index >= 15 is 0 Å². The minimum atomic E-state index is -3.87. The number of aromatic carboxylic acids is 1. The number of carboxylic acid groups (broad SMARTS) is 1. The molecule has 0 spiro atoms. The number of phenols is 1. The zero-order valence-corrected chi connectivity index (χ0v) is 15.6. The summed E-state index contributed by atoms with van der Waals surface area (Å²) in [7, 11) is -3.87. The smallest absolute Gasteiger partial charge is 0.339 e. The summed E-state index contributed by atoms with van der Waals surface area (Å²) < 4.78 is 54.1. The first-order chi connectivity index (χ1) is 13.6. The first kappa shape index (κ1) is 20.3. The van der Waals surface area contributed by atoms with Gasteiger partial charge in [-0.2, -0.15) is 0 Å². The van der Waals surface area contributed by atoms with E-state index in [1.54, 1.807) is 0 Å². The second-order valence-electron chi connectivity index (χ2n) is 6.22. The van der Waals surface area contributed by atoms with Crippen molar-refractivity contribution in [3.63, 3.8) is 0 Å². The van der Waals surface area contributed by atoms with Crippen LogP contribution in [0.25, 0.3) is 11.1 Å². The molecule has 3 aromatic carbocycles. The van der Waals surface area contributed by atoms with Gasteiger partial charge in [0.1, 0.15) is 22.9 Å². The van der Waals surface area contributed by atoms with Crippen LogP contribution in [0, 0.1) is 11.6 Å². The molecule has 0 aliphatic heterocycles. The van der Waals surface area contributed by atoms with Gasteiger partial charge in [-0.3, -0.25) is 4.72 Å². The number of benzene rings is 3. The number of sulfonamides is 1. The lowest BCUT2D eigenvalue weighted by atomic mass is 10.0. The topological polar surface area (TPSA) is 104 Å². The highest BCUT2D eigenvalue weighted by Crippen LogP contribution is 2.26. The minimum absolute atomic E-state index is 0.00551. The predicted molar refractivity (Wildman–Crippen MR) is 103 cm³/mol. The molecule has 3 rings (SSSR count). The van der Waals surface area contributed by atoms with Crippen molar-refractivity contribution in [1.29, 1.82) is 0 Å². The molecule has 0 fully saturated rings. The van der Waals surface area contributed by atoms with E-state index in [0.717, 1.165) is 30.3 Å². The van der Waals surface area contributed by atoms with Gasteiger partial charge in [-0.15, -0.1) is 0 Å². The Morgan fingerprint density at radius 1 is 0.966 bits per heavy atom. The molecule has 0 radical (unpaired) electrons. The average molecular weight is 419 g/mol. The third kappa shape index (κ3) is 4.88. The van der Waals surface area contributed by atoms with E-state index in [4.69, 9.17) is 5.11 Å². The Hall–Kier alpha value is -3.46. The molecule has 0 aliphatic rings. The monoisotopic (exact) mass is 419 g/mol. The lowest BCUT2D eigenvalue weighted by Gasteiger charge is -2.10. The number of aromatic hydroxyl groups is 1. The Labute approximate surface area is 165 Å². The van der Waals surface area contributed by atoms with Crippen LogP contribution in [0.15, 0.2) is 60.7 Å². The maximum absolute atomic E-state index is 13.9. The summed E-state index contributed by atoms with van der Waals surface area (Å²) in [6.07, 6.45) is 0. The number of carbonyl (C=O) groups is 1. The molecule has 3 aromatic rings. The van der Waals surface area contributed by atoms with Crippen LogP contribution >= 0.6 is 0 Å². The molecule has 0 amide bonds. The van der Waals surface area contributed by atoms with E-state index in [2.05, 4.69) is 4.72 Å². The number of anilines is 1. The summed E-state index contributed by atoms with van der Waals surface area (Å²) in [6, 6.07) is 12.3. The fourth-order valence-electron chi connectivity index (χ4n) is 2.71. The summed E-state index contributed by atoms with van der Waals surface area (Å²) >= 11 is 0. The largest absolute Gasteiger partial charge is 0.507 e. The van der Waals surface area contributed by atoms with Crippen molar-refractivity contribution in [1.82, 2.24) is 0 Å². The predicted octanol–water partition coefficient (Wildman–Crippen LogP) is 3.98. The van der Waals surface area contributed by atoms with Gasteiger partial charge in [0.25, 0.3) is 0 Å². The molecular weight excluding hydrogens is 404 g/mol. The number of hydrogen-bond acceptors (Lipinski definition) is 4. The van der Waals surface area contributed by atoms with Crippen LogP contribution in [-0.4, -0.2) is 24.6 Å². The first-order valence-corrected chi connectivity index (χ1v) is 9.91. The van der Waals surface area contributed by atoms with E-state index in [0.29, 0.717) is 11.1 Å². The van der Waals surface area contributed by atoms with Crippen LogP contribution in [0.1, 0.15) is 15.9 Å². The molecule has 29 heavy (non-hydrogen) atoms. The summed E-state index contributed by atoms with van der Waals surface area (Å²) in [6.45, 7) is 0. The molecule has 0 atom stereocenters. The average Bonchev–Trinajstić information content (AvgIpc) is 2.63. The quantitative estimate of drug-likeness (QED) is 0.561. The number of carboxylic acids is 1. The molecule has 0 bridgehead atoms. The number of nitrogens with one attached hydrogen (secondary N) is 1. The van der Waals surface area contributed by atoms with Crippen molar-refractivity contribution < 1.29 is 32.2 Å². The lowest BCUT2D eigenvalue weighted by molar-refractivity contribution is 0.0693. The maximum Gasteiger partial charge on any atom is 0.339 e. The fraction of sp³-hybridized carbons (Fsp3) is 0.0500. The van der Waals surface area contributed by atoms with Crippen LogP contribution in [0.2, 0.25) is 0 Å². The highest BCUT2D eigenvalue weighted by molar-refractivity contribution is 7.91. The Morgan fingerprint density at radius 2 is 1.66 bits per heavy atom. The Bertz CT molecular complexity index is 1180. The van der Waals surface area contributed by atoms with Crippen LogP contribution in [-0.2, 0) is 15.8 Å². The van der Waals surface area contributed by atoms with E-state index in [1.807, 2.05) is 0 Å². The molecule has 0 aliphatic carbocycles. The third-order valence-corrected chi connectivity index (χ3v) is 5.31. The normalized spacial score (nSPS) is 11.2. The van der Waals surface area contributed by atoms with Gasteiger partial charge in [-0.05, 0) is 41.5 Å². The van der Waals surface area contributed by atoms with Crippen molar-refractivity contribution in [3.05, 3.63) is 83.4 Å². The van der Waals surface area contributed by atoms with Gasteiger partial charge in [-0.25, -0.2) is 22.0 Å². The van der Waals surface area contributed by atoms with Gasteiger partial charge in [0.05, 0.1) is 11.4 Å². The maximum atomic E-state index is 13.9. The Morgan fingerprint density at radius 3 is 2.28 bits per heavy atom. The summed E-state index contributed by atoms with van der Waals surface area (Å²) in [5.41, 5.74) is 0.500. The highest BCUT2D eigenvalue weighted by Gasteiger charge is 2.15. The van der Waals surface area contributed by atoms with Gasteiger partial charge in [0, 0.05) is 11.6 Å². The number of rotatable bonds is 6. The summed E-state index contributed by atoms with van der Waals surface area (Å²) in [5, 5.41) is 18.5. The fourth-order valence-corrected chi connectivity index (χ4v) is 3.90. The van der Waals surface area contributed by atoms with Crippen LogP contribution in [0.5, 0.6) is 5.75 Å². The summed E-state index contributed by atoms with van der Waals surface area (Å²) in [4.78, 5) is 10.9. The van der Waals surface area contributed by atoms with Gasteiger partial charge in [-0.1, -0.05) is 24.3 Å². The molecule has 0 unspecified atom stereocenters. The zero-order valence-electron chi connectivity index (χ0n) is 14.8. The molecule has 0 saturated carbocycles. The van der Waals surface area contributed by atoms with Gasteiger partial charge >= 0.3 is 5.97 Å². The summed E-state index contributed by atoms with van der Waals surface area (Å²) in [5.74, 6) is -3.52. The number of halogens is 2. The standard InChI is InChI=1S/C20H15F2NO5S/c21-14-5-8-18(22)17(9-14)13-3-1-12(2-4-13)11-29(27,28)23-15-6-7-16(20(25)26)19(24)10-15/h1-10,23-24H,11H2,(H,25,26). The molecule has 0 heterocycles.